The monoisotopic (exact) mass is 762 g/mol. The summed E-state index contributed by atoms with van der Waals surface area (Å²) in [5, 5.41) is 7.14. The molecule has 0 saturated carbocycles. The highest BCUT2D eigenvalue weighted by Crippen LogP contribution is 2.44. The average Bonchev–Trinajstić information content (AvgIpc) is 3.50. The highest BCUT2D eigenvalue weighted by atomic mass is 32.2. The van der Waals surface area contributed by atoms with Crippen molar-refractivity contribution in [1.29, 1.82) is 0 Å². The van der Waals surface area contributed by atoms with Gasteiger partial charge in [0.15, 0.2) is 0 Å². The van der Waals surface area contributed by atoms with E-state index in [1.165, 1.54) is 11.6 Å². The summed E-state index contributed by atoms with van der Waals surface area (Å²) in [6, 6.07) is 20.7. The van der Waals surface area contributed by atoms with E-state index in [-0.39, 0.29) is 15.7 Å². The molecule has 2 N–H and O–H groups in total. The molecular formula is C41H48F2N4O4S2. The van der Waals surface area contributed by atoms with E-state index >= 15 is 0 Å². The van der Waals surface area contributed by atoms with Gasteiger partial charge in [0.1, 0.15) is 11.6 Å². The van der Waals surface area contributed by atoms with Crippen molar-refractivity contribution in [3.63, 3.8) is 0 Å². The largest absolute Gasteiger partial charge is 0.381 e. The molecular weight excluding hydrogens is 715 g/mol. The van der Waals surface area contributed by atoms with E-state index in [4.69, 9.17) is 0 Å². The molecule has 282 valence electrons. The number of benzene rings is 4. The number of hydrogen-bond donors (Lipinski definition) is 2. The maximum absolute atomic E-state index is 13.5. The lowest BCUT2D eigenvalue weighted by Crippen LogP contribution is -2.25. The minimum Gasteiger partial charge on any atom is -0.381 e. The molecule has 53 heavy (non-hydrogen) atoms. The van der Waals surface area contributed by atoms with Crippen molar-refractivity contribution in [3.8, 4) is 0 Å². The van der Waals surface area contributed by atoms with Gasteiger partial charge in [0.25, 0.3) is 0 Å². The van der Waals surface area contributed by atoms with Crippen LogP contribution in [-0.4, -0.2) is 78.0 Å². The summed E-state index contributed by atoms with van der Waals surface area (Å²) in [6.45, 7) is 12.6. The first-order valence-corrected chi connectivity index (χ1v) is 21.6. The van der Waals surface area contributed by atoms with Crippen LogP contribution in [0.5, 0.6) is 0 Å². The molecule has 2 fully saturated rings. The summed E-state index contributed by atoms with van der Waals surface area (Å²) in [6.07, 6.45) is 4.14. The average molecular weight is 763 g/mol. The first-order chi connectivity index (χ1) is 25.4. The maximum atomic E-state index is 13.5. The molecule has 4 heterocycles. The zero-order chi connectivity index (χ0) is 37.5. The molecule has 0 aromatic heterocycles. The number of hydrogen-bond acceptors (Lipinski definition) is 8. The number of sulfone groups is 2. The Morgan fingerprint density at radius 1 is 0.566 bits per heavy atom. The number of nitrogens with one attached hydrogen (secondary N) is 2. The number of nitrogens with zero attached hydrogens (tertiary/aromatic N) is 2. The van der Waals surface area contributed by atoms with Crippen molar-refractivity contribution in [1.82, 2.24) is 9.80 Å². The van der Waals surface area contributed by atoms with Gasteiger partial charge < -0.3 is 20.4 Å². The Bertz CT molecular complexity index is 2180. The lowest BCUT2D eigenvalue weighted by molar-refractivity contribution is 0.298. The summed E-state index contributed by atoms with van der Waals surface area (Å²) in [7, 11) is -7.46. The van der Waals surface area contributed by atoms with Crippen LogP contribution in [0.2, 0.25) is 0 Å². The predicted octanol–water partition coefficient (Wildman–Crippen LogP) is 7.61. The van der Waals surface area contributed by atoms with E-state index < -0.39 is 31.3 Å². The number of aryl methyl sites for hydroxylation is 1. The second-order valence-electron chi connectivity index (χ2n) is 14.7. The zero-order valence-electron chi connectivity index (χ0n) is 30.5. The second-order valence-corrected chi connectivity index (χ2v) is 18.6. The van der Waals surface area contributed by atoms with Crippen molar-refractivity contribution in [2.75, 3.05) is 49.9 Å². The molecule has 8 nitrogen and oxygen atoms in total. The van der Waals surface area contributed by atoms with Crippen LogP contribution in [0.4, 0.5) is 20.2 Å². The van der Waals surface area contributed by atoms with Crippen molar-refractivity contribution >= 4 is 31.0 Å². The number of fused-ring (bicyclic) bond motifs is 6. The fourth-order valence-corrected chi connectivity index (χ4v) is 11.0. The molecule has 2 saturated heterocycles. The van der Waals surface area contributed by atoms with Crippen molar-refractivity contribution < 1.29 is 25.6 Å². The van der Waals surface area contributed by atoms with E-state index in [9.17, 15) is 25.6 Å². The first kappa shape index (κ1) is 37.5. The molecule has 0 radical (unpaired) electrons. The van der Waals surface area contributed by atoms with Gasteiger partial charge in [-0.2, -0.15) is 0 Å². The van der Waals surface area contributed by atoms with Crippen LogP contribution < -0.4 is 10.6 Å². The quantitative estimate of drug-likeness (QED) is 0.207. The summed E-state index contributed by atoms with van der Waals surface area (Å²) in [5.74, 6) is -1.16. The van der Waals surface area contributed by atoms with Crippen LogP contribution in [-0.2, 0) is 19.7 Å². The molecule has 0 bridgehead atoms. The number of rotatable bonds is 6. The summed E-state index contributed by atoms with van der Waals surface area (Å²) in [5.41, 5.74) is 5.27. The van der Waals surface area contributed by atoms with Gasteiger partial charge in [-0.25, -0.2) is 25.6 Å². The Kier molecular flexibility index (Phi) is 10.7. The standard InChI is InChI=1S/C21H26N2O2S.C20H22F2N2O2S/c1-3-23-12-10-18-19-14-17(8-9-20(19)22-21(18)11-13-23)26(24,25)16-6-4-15(2)5-7-16;1-2-24-7-5-17-18-12-15(3-4-19(18)23-20(17)6-8-24)27(25,26)16-10-13(21)9-14(22)11-16/h4-9,14,18,21-22H,3,10-13H2,1-2H3;3-4,9-12,17,20,23H,2,5-8H2,1H3/t18-,21-;17-,20-/m00/s1. The number of likely N-dealkylation sites (tertiary alicyclic amines) is 2. The summed E-state index contributed by atoms with van der Waals surface area (Å²) < 4.78 is 78.9. The third-order valence-corrected chi connectivity index (χ3v) is 15.0. The Hall–Kier alpha value is -3.84. The van der Waals surface area contributed by atoms with Gasteiger partial charge in [-0.05, 0) is 131 Å². The van der Waals surface area contributed by atoms with Gasteiger partial charge in [0.05, 0.1) is 19.6 Å². The molecule has 0 amide bonds. The normalized spacial score (nSPS) is 22.8. The minimum atomic E-state index is -3.99. The molecule has 8 rings (SSSR count). The number of halogens is 2. The van der Waals surface area contributed by atoms with Crippen molar-refractivity contribution in [2.45, 2.75) is 90.0 Å². The third kappa shape index (κ3) is 7.61. The molecule has 0 unspecified atom stereocenters. The fourth-order valence-electron chi connectivity index (χ4n) is 8.40. The van der Waals surface area contributed by atoms with E-state index in [1.54, 1.807) is 30.3 Å². The molecule has 4 aliphatic heterocycles. The Labute approximate surface area is 312 Å². The fraction of sp³-hybridized carbons (Fsp3) is 0.415. The van der Waals surface area contributed by atoms with E-state index in [2.05, 4.69) is 34.3 Å². The molecule has 4 aromatic rings. The van der Waals surface area contributed by atoms with Crippen molar-refractivity contribution in [3.05, 3.63) is 107 Å². The van der Waals surface area contributed by atoms with Gasteiger partial charge in [-0.15, -0.1) is 0 Å². The molecule has 0 spiro atoms. The first-order valence-electron chi connectivity index (χ1n) is 18.7. The molecule has 12 heteroatoms. The lowest BCUT2D eigenvalue weighted by Gasteiger charge is -2.17. The van der Waals surface area contributed by atoms with Gasteiger partial charge in [-0.3, -0.25) is 0 Å². The molecule has 4 aliphatic rings. The molecule has 4 aromatic carbocycles. The molecule has 4 atom stereocenters. The van der Waals surface area contributed by atoms with Crippen LogP contribution in [0.3, 0.4) is 0 Å². The third-order valence-electron chi connectivity index (χ3n) is 11.5. The summed E-state index contributed by atoms with van der Waals surface area (Å²) >= 11 is 0. The van der Waals surface area contributed by atoms with Gasteiger partial charge in [-0.1, -0.05) is 31.5 Å². The SMILES string of the molecule is CCN1CC[C@@H]2Nc3ccc(S(=O)(=O)c4cc(F)cc(F)c4)cc3[C@@H]2CC1.CCN1CC[C@@H]2Nc3ccc(S(=O)(=O)c4ccc(C)cc4)cc3[C@@H]2CC1. The van der Waals surface area contributed by atoms with Gasteiger partial charge in [0, 0.05) is 54.5 Å². The topological polar surface area (TPSA) is 98.8 Å². The Morgan fingerprint density at radius 3 is 1.43 bits per heavy atom. The van der Waals surface area contributed by atoms with Crippen LogP contribution >= 0.6 is 0 Å². The van der Waals surface area contributed by atoms with Crippen molar-refractivity contribution in [2.24, 2.45) is 0 Å². The lowest BCUT2D eigenvalue weighted by atomic mass is 9.91. The summed E-state index contributed by atoms with van der Waals surface area (Å²) in [4.78, 5) is 5.36. The van der Waals surface area contributed by atoms with Crippen LogP contribution in [0.15, 0.2) is 98.4 Å². The van der Waals surface area contributed by atoms with Gasteiger partial charge in [0.2, 0.25) is 19.7 Å². The maximum Gasteiger partial charge on any atom is 0.206 e. The van der Waals surface area contributed by atoms with Crippen LogP contribution in [0.25, 0.3) is 0 Å². The Balaban J connectivity index is 0.000000164. The predicted molar refractivity (Wildman–Crippen MR) is 204 cm³/mol. The smallest absolute Gasteiger partial charge is 0.206 e. The van der Waals surface area contributed by atoms with E-state index in [0.29, 0.717) is 33.9 Å². The number of anilines is 2. The Morgan fingerprint density at radius 2 is 0.981 bits per heavy atom. The molecule has 0 aliphatic carbocycles. The van der Waals surface area contributed by atoms with Gasteiger partial charge >= 0.3 is 0 Å². The minimum absolute atomic E-state index is 0.0743. The second kappa shape index (κ2) is 15.1. The van der Waals surface area contributed by atoms with Crippen LogP contribution in [0.1, 0.15) is 68.1 Å². The van der Waals surface area contributed by atoms with Crippen LogP contribution in [0, 0.1) is 18.6 Å². The van der Waals surface area contributed by atoms with E-state index in [1.807, 2.05) is 31.2 Å². The zero-order valence-corrected chi connectivity index (χ0v) is 32.1. The van der Waals surface area contributed by atoms with E-state index in [0.717, 1.165) is 99.6 Å². The highest BCUT2D eigenvalue weighted by Gasteiger charge is 2.37. The highest BCUT2D eigenvalue weighted by molar-refractivity contribution is 7.91.